The van der Waals surface area contributed by atoms with Crippen molar-refractivity contribution in [2.24, 2.45) is 0 Å². The molecule has 0 aromatic rings. The molecule has 2 unspecified atom stereocenters. The lowest BCUT2D eigenvalue weighted by Crippen LogP contribution is -2.10. The molecule has 0 spiro atoms. The fourth-order valence-corrected chi connectivity index (χ4v) is 0.889. The summed E-state index contributed by atoms with van der Waals surface area (Å²) in [6.07, 6.45) is 0.635. The molecule has 4 heteroatoms. The van der Waals surface area contributed by atoms with Gasteiger partial charge in [0, 0.05) is 12.0 Å². The highest BCUT2D eigenvalue weighted by Crippen LogP contribution is 2.08. The Morgan fingerprint density at radius 2 is 1.85 bits per heavy atom. The molecule has 0 heterocycles. The number of hydrogen-bond donors (Lipinski definition) is 3. The molecule has 13 heavy (non-hydrogen) atoms. The van der Waals surface area contributed by atoms with Gasteiger partial charge < -0.3 is 15.3 Å². The largest absolute Gasteiger partial charge is 0.478 e. The Balaban J connectivity index is 4.24. The fourth-order valence-electron chi connectivity index (χ4n) is 0.889. The summed E-state index contributed by atoms with van der Waals surface area (Å²) in [5, 5.41) is 26.6. The van der Waals surface area contributed by atoms with Crippen LogP contribution in [0.4, 0.5) is 0 Å². The highest BCUT2D eigenvalue weighted by Gasteiger charge is 2.10. The van der Waals surface area contributed by atoms with Crippen molar-refractivity contribution < 1.29 is 20.1 Å². The number of hydrogen-bond acceptors (Lipinski definition) is 3. The molecular formula is C9H16O4. The average molecular weight is 188 g/mol. The molecule has 0 radical (unpaired) electrons. The monoisotopic (exact) mass is 188 g/mol. The highest BCUT2D eigenvalue weighted by atomic mass is 16.4. The summed E-state index contributed by atoms with van der Waals surface area (Å²) in [6, 6.07) is 0. The zero-order valence-electron chi connectivity index (χ0n) is 7.90. The third-order valence-electron chi connectivity index (χ3n) is 1.50. The van der Waals surface area contributed by atoms with Gasteiger partial charge in [-0.2, -0.15) is 0 Å². The molecule has 0 aliphatic heterocycles. The van der Waals surface area contributed by atoms with Crippen molar-refractivity contribution in [2.45, 2.75) is 38.9 Å². The maximum Gasteiger partial charge on any atom is 0.331 e. The van der Waals surface area contributed by atoms with E-state index in [1.165, 1.54) is 13.0 Å². The first-order chi connectivity index (χ1) is 5.93. The summed E-state index contributed by atoms with van der Waals surface area (Å²) in [7, 11) is 0. The minimum atomic E-state index is -1.04. The summed E-state index contributed by atoms with van der Waals surface area (Å²) in [6.45, 7) is 3.11. The van der Waals surface area contributed by atoms with Crippen LogP contribution in [0.15, 0.2) is 11.6 Å². The van der Waals surface area contributed by atoms with Crippen LogP contribution in [0.2, 0.25) is 0 Å². The molecule has 2 atom stereocenters. The first kappa shape index (κ1) is 12.1. The zero-order valence-corrected chi connectivity index (χ0v) is 7.90. The predicted molar refractivity (Wildman–Crippen MR) is 48.3 cm³/mol. The number of aliphatic carboxylic acids is 1. The van der Waals surface area contributed by atoms with Gasteiger partial charge in [-0.1, -0.05) is 6.08 Å². The van der Waals surface area contributed by atoms with Gasteiger partial charge in [0.1, 0.15) is 0 Å². The molecule has 0 aromatic heterocycles. The van der Waals surface area contributed by atoms with Gasteiger partial charge in [-0.15, -0.1) is 0 Å². The molecule has 0 saturated heterocycles. The van der Waals surface area contributed by atoms with Crippen LogP contribution < -0.4 is 0 Å². The van der Waals surface area contributed by atoms with E-state index < -0.39 is 18.2 Å². The average Bonchev–Trinajstić information content (AvgIpc) is 1.96. The Kier molecular flexibility index (Phi) is 5.34. The van der Waals surface area contributed by atoms with Crippen LogP contribution >= 0.6 is 0 Å². The summed E-state index contributed by atoms with van der Waals surface area (Å²) < 4.78 is 0. The molecule has 0 bridgehead atoms. The lowest BCUT2D eigenvalue weighted by atomic mass is 10.1. The van der Waals surface area contributed by atoms with E-state index in [-0.39, 0.29) is 12.0 Å². The van der Waals surface area contributed by atoms with E-state index >= 15 is 0 Å². The minimum Gasteiger partial charge on any atom is -0.478 e. The number of aliphatic hydroxyl groups is 2. The molecule has 3 N–H and O–H groups in total. The molecular weight excluding hydrogens is 172 g/mol. The Bertz CT molecular complexity index is 194. The van der Waals surface area contributed by atoms with Gasteiger partial charge in [0.25, 0.3) is 0 Å². The maximum atomic E-state index is 10.6. The topological polar surface area (TPSA) is 77.8 Å². The summed E-state index contributed by atoms with van der Waals surface area (Å²) in [5.74, 6) is -1.04. The van der Waals surface area contributed by atoms with E-state index in [2.05, 4.69) is 0 Å². The first-order valence-electron chi connectivity index (χ1n) is 4.22. The third kappa shape index (κ3) is 6.31. The predicted octanol–water partition coefficient (Wildman–Crippen LogP) is 0.539. The molecule has 0 fully saturated rings. The van der Waals surface area contributed by atoms with Crippen LogP contribution in [0, 0.1) is 0 Å². The fraction of sp³-hybridized carbons (Fsp3) is 0.667. The van der Waals surface area contributed by atoms with Crippen LogP contribution in [0.5, 0.6) is 0 Å². The maximum absolute atomic E-state index is 10.6. The SMILES string of the molecule is CC(O)C/C=C(\CC(C)O)C(=O)O. The van der Waals surface area contributed by atoms with E-state index in [1.54, 1.807) is 6.92 Å². The van der Waals surface area contributed by atoms with Gasteiger partial charge in [0.15, 0.2) is 0 Å². The minimum absolute atomic E-state index is 0.113. The second-order valence-corrected chi connectivity index (χ2v) is 3.17. The van der Waals surface area contributed by atoms with Gasteiger partial charge in [-0.3, -0.25) is 0 Å². The molecule has 0 saturated carbocycles. The Labute approximate surface area is 77.5 Å². The smallest absolute Gasteiger partial charge is 0.331 e. The van der Waals surface area contributed by atoms with Gasteiger partial charge in [-0.05, 0) is 20.3 Å². The first-order valence-corrected chi connectivity index (χ1v) is 4.22. The second-order valence-electron chi connectivity index (χ2n) is 3.17. The van der Waals surface area contributed by atoms with Crippen molar-refractivity contribution in [3.05, 3.63) is 11.6 Å². The van der Waals surface area contributed by atoms with E-state index in [9.17, 15) is 4.79 Å². The Morgan fingerprint density at radius 3 is 2.15 bits per heavy atom. The normalized spacial score (nSPS) is 16.8. The number of carboxylic acids is 1. The quantitative estimate of drug-likeness (QED) is 0.550. The van der Waals surface area contributed by atoms with Crippen molar-refractivity contribution in [2.75, 3.05) is 0 Å². The van der Waals surface area contributed by atoms with Gasteiger partial charge in [0.05, 0.1) is 12.2 Å². The molecule has 76 valence electrons. The van der Waals surface area contributed by atoms with Crippen LogP contribution in [0.1, 0.15) is 26.7 Å². The number of rotatable bonds is 5. The van der Waals surface area contributed by atoms with Crippen LogP contribution in [-0.2, 0) is 4.79 Å². The summed E-state index contributed by atoms with van der Waals surface area (Å²) in [5.41, 5.74) is 0.149. The van der Waals surface area contributed by atoms with E-state index in [1.807, 2.05) is 0 Å². The second kappa shape index (κ2) is 5.72. The number of aliphatic hydroxyl groups excluding tert-OH is 2. The molecule has 4 nitrogen and oxygen atoms in total. The zero-order chi connectivity index (χ0) is 10.4. The summed E-state index contributed by atoms with van der Waals surface area (Å²) >= 11 is 0. The highest BCUT2D eigenvalue weighted by molar-refractivity contribution is 5.86. The molecule has 0 aliphatic rings. The van der Waals surface area contributed by atoms with Crippen molar-refractivity contribution in [1.82, 2.24) is 0 Å². The van der Waals surface area contributed by atoms with Gasteiger partial charge in [0.2, 0.25) is 0 Å². The molecule has 0 aromatic carbocycles. The lowest BCUT2D eigenvalue weighted by Gasteiger charge is -2.05. The molecule has 0 rings (SSSR count). The van der Waals surface area contributed by atoms with Crippen molar-refractivity contribution in [3.8, 4) is 0 Å². The van der Waals surface area contributed by atoms with E-state index in [4.69, 9.17) is 15.3 Å². The number of carboxylic acid groups (broad SMARTS) is 1. The Morgan fingerprint density at radius 1 is 1.31 bits per heavy atom. The van der Waals surface area contributed by atoms with Crippen LogP contribution in [0.3, 0.4) is 0 Å². The number of carbonyl (C=O) groups is 1. The Hall–Kier alpha value is -0.870. The molecule has 0 amide bonds. The lowest BCUT2D eigenvalue weighted by molar-refractivity contribution is -0.133. The third-order valence-corrected chi connectivity index (χ3v) is 1.50. The van der Waals surface area contributed by atoms with E-state index in [0.29, 0.717) is 6.42 Å². The van der Waals surface area contributed by atoms with Crippen molar-refractivity contribution in [1.29, 1.82) is 0 Å². The van der Waals surface area contributed by atoms with Crippen LogP contribution in [-0.4, -0.2) is 33.5 Å². The van der Waals surface area contributed by atoms with Gasteiger partial charge in [-0.25, -0.2) is 4.79 Å². The van der Waals surface area contributed by atoms with E-state index in [0.717, 1.165) is 0 Å². The van der Waals surface area contributed by atoms with Crippen molar-refractivity contribution >= 4 is 5.97 Å². The van der Waals surface area contributed by atoms with Crippen molar-refractivity contribution in [3.63, 3.8) is 0 Å². The summed E-state index contributed by atoms with van der Waals surface area (Å²) in [4.78, 5) is 10.6. The standard InChI is InChI=1S/C9H16O4/c1-6(10)3-4-8(9(12)13)5-7(2)11/h4,6-7,10-11H,3,5H2,1-2H3,(H,12,13)/b8-4+. The molecule has 0 aliphatic carbocycles. The van der Waals surface area contributed by atoms with Gasteiger partial charge >= 0.3 is 5.97 Å². The van der Waals surface area contributed by atoms with Crippen LogP contribution in [0.25, 0.3) is 0 Å².